The minimum atomic E-state index is -0.690. The Morgan fingerprint density at radius 2 is 1.90 bits per heavy atom. The Balaban J connectivity index is 1.68. The Morgan fingerprint density at radius 1 is 1.21 bits per heavy atom. The van der Waals surface area contributed by atoms with E-state index in [-0.39, 0.29) is 12.1 Å². The first-order valence-electron chi connectivity index (χ1n) is 10.2. The number of pyridine rings is 1. The van der Waals surface area contributed by atoms with Crippen LogP contribution in [-0.4, -0.2) is 49.3 Å². The highest BCUT2D eigenvalue weighted by molar-refractivity contribution is 6.02. The number of benzene rings is 1. The number of carbonyl (C=O) groups excluding carboxylic acids is 1. The average Bonchev–Trinajstić information content (AvgIpc) is 3.07. The van der Waals surface area contributed by atoms with E-state index in [9.17, 15) is 9.90 Å². The van der Waals surface area contributed by atoms with Crippen molar-refractivity contribution < 1.29 is 14.6 Å². The summed E-state index contributed by atoms with van der Waals surface area (Å²) >= 11 is 0. The SMILES string of the molecule is C[C@@H](O)c1nc2cnc3ccccc3c2n1C1CCN(C(=O)OC(C)(C)C)CC1. The van der Waals surface area contributed by atoms with Gasteiger partial charge >= 0.3 is 6.09 Å². The van der Waals surface area contributed by atoms with Gasteiger partial charge in [-0.2, -0.15) is 0 Å². The molecule has 0 aliphatic carbocycles. The smallest absolute Gasteiger partial charge is 0.410 e. The number of amides is 1. The highest BCUT2D eigenvalue weighted by atomic mass is 16.6. The van der Waals surface area contributed by atoms with Crippen LogP contribution in [0.3, 0.4) is 0 Å². The molecule has 0 bridgehead atoms. The Morgan fingerprint density at radius 3 is 2.55 bits per heavy atom. The highest BCUT2D eigenvalue weighted by Crippen LogP contribution is 2.34. The van der Waals surface area contributed by atoms with Crippen molar-refractivity contribution in [3.05, 3.63) is 36.3 Å². The molecule has 1 aliphatic heterocycles. The van der Waals surface area contributed by atoms with Gasteiger partial charge in [-0.1, -0.05) is 18.2 Å². The molecular weight excluding hydrogens is 368 g/mol. The van der Waals surface area contributed by atoms with Gasteiger partial charge in [0.15, 0.2) is 0 Å². The largest absolute Gasteiger partial charge is 0.444 e. The third-order valence-electron chi connectivity index (χ3n) is 5.31. The van der Waals surface area contributed by atoms with Crippen molar-refractivity contribution >= 4 is 28.0 Å². The number of aliphatic hydroxyl groups excluding tert-OH is 1. The van der Waals surface area contributed by atoms with E-state index in [1.807, 2.05) is 45.0 Å². The van der Waals surface area contributed by atoms with Gasteiger partial charge in [-0.05, 0) is 46.6 Å². The van der Waals surface area contributed by atoms with Gasteiger partial charge in [0, 0.05) is 24.5 Å². The zero-order valence-electron chi connectivity index (χ0n) is 17.4. The fourth-order valence-electron chi connectivity index (χ4n) is 4.04. The minimum Gasteiger partial charge on any atom is -0.444 e. The van der Waals surface area contributed by atoms with Crippen molar-refractivity contribution in [1.82, 2.24) is 19.4 Å². The van der Waals surface area contributed by atoms with Crippen LogP contribution in [0.4, 0.5) is 4.79 Å². The normalized spacial score (nSPS) is 17.1. The van der Waals surface area contributed by atoms with Gasteiger partial charge in [-0.15, -0.1) is 0 Å². The number of fused-ring (bicyclic) bond motifs is 3. The molecule has 29 heavy (non-hydrogen) atoms. The number of carbonyl (C=O) groups is 1. The number of rotatable bonds is 2. The Bertz CT molecular complexity index is 1040. The van der Waals surface area contributed by atoms with E-state index < -0.39 is 11.7 Å². The molecule has 0 spiro atoms. The monoisotopic (exact) mass is 396 g/mol. The highest BCUT2D eigenvalue weighted by Gasteiger charge is 2.30. The lowest BCUT2D eigenvalue weighted by Crippen LogP contribution is -2.42. The first-order chi connectivity index (χ1) is 13.7. The maximum absolute atomic E-state index is 12.4. The third-order valence-corrected chi connectivity index (χ3v) is 5.31. The lowest BCUT2D eigenvalue weighted by atomic mass is 10.0. The molecule has 2 aromatic heterocycles. The summed E-state index contributed by atoms with van der Waals surface area (Å²) in [5.74, 6) is 0.647. The van der Waals surface area contributed by atoms with Crippen LogP contribution in [0.2, 0.25) is 0 Å². The molecule has 0 saturated carbocycles. The van der Waals surface area contributed by atoms with Gasteiger partial charge in [-0.25, -0.2) is 9.78 Å². The van der Waals surface area contributed by atoms with Crippen LogP contribution in [0.25, 0.3) is 21.9 Å². The fraction of sp³-hybridized carbons (Fsp3) is 0.500. The molecule has 1 saturated heterocycles. The summed E-state index contributed by atoms with van der Waals surface area (Å²) in [5.41, 5.74) is 2.20. The molecule has 0 unspecified atom stereocenters. The van der Waals surface area contributed by atoms with Crippen molar-refractivity contribution in [3.63, 3.8) is 0 Å². The molecule has 1 fully saturated rings. The van der Waals surface area contributed by atoms with Crippen LogP contribution >= 0.6 is 0 Å². The maximum Gasteiger partial charge on any atom is 0.410 e. The number of imidazole rings is 1. The Labute approximate surface area is 170 Å². The summed E-state index contributed by atoms with van der Waals surface area (Å²) in [7, 11) is 0. The molecule has 3 aromatic rings. The zero-order valence-corrected chi connectivity index (χ0v) is 17.4. The zero-order chi connectivity index (χ0) is 20.8. The first-order valence-corrected chi connectivity index (χ1v) is 10.2. The molecule has 154 valence electrons. The van der Waals surface area contributed by atoms with Crippen molar-refractivity contribution in [2.24, 2.45) is 0 Å². The molecule has 3 heterocycles. The molecule has 0 radical (unpaired) electrons. The number of hydrogen-bond donors (Lipinski definition) is 1. The quantitative estimate of drug-likeness (QED) is 0.702. The van der Waals surface area contributed by atoms with E-state index in [0.717, 1.165) is 34.8 Å². The van der Waals surface area contributed by atoms with Gasteiger partial charge in [0.1, 0.15) is 23.0 Å². The number of para-hydroxylation sites is 1. The van der Waals surface area contributed by atoms with Crippen LogP contribution < -0.4 is 0 Å². The number of likely N-dealkylation sites (tertiary alicyclic amines) is 1. The summed E-state index contributed by atoms with van der Waals surface area (Å²) in [6.07, 6.45) is 2.37. The summed E-state index contributed by atoms with van der Waals surface area (Å²) in [5, 5.41) is 11.4. The molecule has 1 aliphatic rings. The summed E-state index contributed by atoms with van der Waals surface area (Å²) in [6.45, 7) is 8.60. The molecule has 1 aromatic carbocycles. The van der Waals surface area contributed by atoms with E-state index in [0.29, 0.717) is 18.9 Å². The third kappa shape index (κ3) is 3.79. The van der Waals surface area contributed by atoms with E-state index in [4.69, 9.17) is 4.74 Å². The van der Waals surface area contributed by atoms with Crippen molar-refractivity contribution in [2.75, 3.05) is 13.1 Å². The second kappa shape index (κ2) is 7.30. The van der Waals surface area contributed by atoms with E-state index in [2.05, 4.69) is 14.5 Å². The van der Waals surface area contributed by atoms with Gasteiger partial charge in [0.2, 0.25) is 0 Å². The second-order valence-electron chi connectivity index (χ2n) is 8.72. The van der Waals surface area contributed by atoms with Crippen molar-refractivity contribution in [3.8, 4) is 0 Å². The fourth-order valence-corrected chi connectivity index (χ4v) is 4.04. The number of aromatic nitrogens is 3. The summed E-state index contributed by atoms with van der Waals surface area (Å²) < 4.78 is 7.68. The second-order valence-corrected chi connectivity index (χ2v) is 8.72. The molecule has 1 atom stereocenters. The average molecular weight is 396 g/mol. The lowest BCUT2D eigenvalue weighted by Gasteiger charge is -2.35. The van der Waals surface area contributed by atoms with E-state index in [1.165, 1.54) is 0 Å². The molecule has 7 nitrogen and oxygen atoms in total. The Hall–Kier alpha value is -2.67. The van der Waals surface area contributed by atoms with Crippen LogP contribution in [-0.2, 0) is 4.74 Å². The summed E-state index contributed by atoms with van der Waals surface area (Å²) in [6, 6.07) is 8.14. The first kappa shape index (κ1) is 19.6. The number of hydrogen-bond acceptors (Lipinski definition) is 5. The molecule has 1 N–H and O–H groups in total. The number of ether oxygens (including phenoxy) is 1. The molecule has 4 rings (SSSR count). The minimum absolute atomic E-state index is 0.147. The van der Waals surface area contributed by atoms with Gasteiger partial charge in [0.25, 0.3) is 0 Å². The van der Waals surface area contributed by atoms with Crippen molar-refractivity contribution in [2.45, 2.75) is 58.3 Å². The van der Waals surface area contributed by atoms with E-state index in [1.54, 1.807) is 18.0 Å². The molecular formula is C22H28N4O3. The Kier molecular flexibility index (Phi) is 4.94. The van der Waals surface area contributed by atoms with Crippen LogP contribution in [0.15, 0.2) is 30.5 Å². The maximum atomic E-state index is 12.4. The molecule has 7 heteroatoms. The lowest BCUT2D eigenvalue weighted by molar-refractivity contribution is 0.0186. The number of aliphatic hydroxyl groups is 1. The predicted octanol–water partition coefficient (Wildman–Crippen LogP) is 4.21. The number of nitrogens with zero attached hydrogens (tertiary/aromatic N) is 4. The van der Waals surface area contributed by atoms with Gasteiger partial charge < -0.3 is 19.3 Å². The standard InChI is InChI=1S/C22H28N4O3/c1-14(27)20-24-18-13-23-17-8-6-5-7-16(17)19(18)26(20)15-9-11-25(12-10-15)21(28)29-22(2,3)4/h5-8,13-15,27H,9-12H2,1-4H3/t14-/m1/s1. The van der Waals surface area contributed by atoms with Crippen LogP contribution in [0, 0.1) is 0 Å². The predicted molar refractivity (Wildman–Crippen MR) is 112 cm³/mol. The van der Waals surface area contributed by atoms with Gasteiger partial charge in [-0.3, -0.25) is 4.98 Å². The van der Waals surface area contributed by atoms with Crippen LogP contribution in [0.5, 0.6) is 0 Å². The van der Waals surface area contributed by atoms with E-state index >= 15 is 0 Å². The molecule has 1 amide bonds. The van der Waals surface area contributed by atoms with Crippen LogP contribution in [0.1, 0.15) is 58.5 Å². The van der Waals surface area contributed by atoms with Crippen molar-refractivity contribution in [1.29, 1.82) is 0 Å². The summed E-state index contributed by atoms with van der Waals surface area (Å²) in [4.78, 5) is 23.4. The number of piperidine rings is 1. The van der Waals surface area contributed by atoms with Gasteiger partial charge in [0.05, 0.1) is 17.2 Å². The topological polar surface area (TPSA) is 80.5 Å².